The van der Waals surface area contributed by atoms with Crippen molar-refractivity contribution < 1.29 is 47.9 Å². The molecule has 0 fully saturated rings. The second-order valence-electron chi connectivity index (χ2n) is 25.1. The lowest BCUT2D eigenvalue weighted by Crippen LogP contribution is -2.35. The van der Waals surface area contributed by atoms with Crippen LogP contribution < -0.4 is 0 Å². The van der Waals surface area contributed by atoms with Crippen LogP contribution >= 0.6 is 0 Å². The van der Waals surface area contributed by atoms with Gasteiger partial charge >= 0.3 is 6.15 Å². The van der Waals surface area contributed by atoms with Gasteiger partial charge < -0.3 is 32.8 Å². The first-order chi connectivity index (χ1) is 49.8. The number of tetrazole rings is 1. The first-order valence-corrected chi connectivity index (χ1v) is 34.9. The number of Topliss-reactive ketones (excluding diaryl/α,β-unsaturated/α-hetero) is 1. The highest BCUT2D eigenvalue weighted by Crippen LogP contribution is 2.27. The summed E-state index contributed by atoms with van der Waals surface area (Å²) >= 11 is 0. The highest BCUT2D eigenvalue weighted by atomic mass is 16.2. The summed E-state index contributed by atoms with van der Waals surface area (Å²) in [6.45, 7) is 26.5. The predicted octanol–water partition coefficient (Wildman–Crippen LogP) is 13.4. The lowest BCUT2D eigenvalue weighted by atomic mass is 10.0. The summed E-state index contributed by atoms with van der Waals surface area (Å²) in [7, 11) is 3.36. The molecular weight excluding hydrogens is 1310 g/mol. The van der Waals surface area contributed by atoms with Crippen LogP contribution in [-0.4, -0.2) is 151 Å². The van der Waals surface area contributed by atoms with Crippen LogP contribution in [0, 0.1) is 0 Å². The molecule has 21 heteroatoms. The normalized spacial score (nSPS) is 12.0. The zero-order valence-corrected chi connectivity index (χ0v) is 62.1. The van der Waals surface area contributed by atoms with Crippen molar-refractivity contribution >= 4 is 87.7 Å². The molecule has 4 amide bonds. The summed E-state index contributed by atoms with van der Waals surface area (Å²) in [6, 6.07) is 41.6. The van der Waals surface area contributed by atoms with E-state index >= 15 is 0 Å². The lowest BCUT2D eigenvalue weighted by molar-refractivity contribution is -0.191. The van der Waals surface area contributed by atoms with E-state index < -0.39 is 0 Å². The van der Waals surface area contributed by atoms with E-state index in [9.17, 15) is 38.4 Å². The minimum absolute atomic E-state index is 0.00195. The molecule has 3 aromatic carbocycles. The molecule has 0 aliphatic heterocycles. The van der Waals surface area contributed by atoms with Crippen LogP contribution in [0.2, 0.25) is 0 Å². The Morgan fingerprint density at radius 3 is 1.12 bits per heavy atom. The van der Waals surface area contributed by atoms with Crippen molar-refractivity contribution in [1.29, 1.82) is 0 Å². The quantitative estimate of drug-likeness (QED) is 0.0484. The lowest BCUT2D eigenvalue weighted by Gasteiger charge is -2.24. The van der Waals surface area contributed by atoms with Gasteiger partial charge in [0.2, 0.25) is 35.1 Å². The van der Waals surface area contributed by atoms with Crippen molar-refractivity contribution in [2.45, 2.75) is 134 Å². The third-order valence-corrected chi connectivity index (χ3v) is 18.1. The molecule has 0 saturated carbocycles. The van der Waals surface area contributed by atoms with Crippen LogP contribution in [-0.2, 0) is 56.8 Å². The molecule has 7 heterocycles. The average Bonchev–Trinajstić information content (AvgIpc) is 1.64. The molecule has 540 valence electrons. The Labute approximate surface area is 607 Å². The Morgan fingerprint density at radius 1 is 0.452 bits per heavy atom. The number of pyridine rings is 3. The van der Waals surface area contributed by atoms with Crippen LogP contribution in [0.4, 0.5) is 0 Å². The summed E-state index contributed by atoms with van der Waals surface area (Å²) in [6.07, 6.45) is 19.9. The molecule has 0 N–H and O–H groups in total. The van der Waals surface area contributed by atoms with E-state index in [4.69, 9.17) is 9.59 Å². The summed E-state index contributed by atoms with van der Waals surface area (Å²) < 4.78 is 5.68. The number of aryl methyl sites for hydroxylation is 4. The average molecular weight is 1400 g/mol. The SMILES string of the molecule is CCc1cc2cc(C(=O)N(C)Cc3nnn(C)n3)ccn2c1C(=O)c1ccc(/C=C/C(C)N(CC)C(C)=O)cc1.CCc1cc2cc(C(C)=O)ccn2c1C(=O)c1ccc(/C=C/C(C)N(CC)C(C)=O)cc1.CCc1cc2ccccn2c1C(=O)c1ccc(/C=C/C(C)N(CC)C(C)=O)cc1.O=C=O. The molecule has 104 heavy (non-hydrogen) atoms. The third-order valence-electron chi connectivity index (χ3n) is 18.1. The maximum absolute atomic E-state index is 13.6. The topological polar surface area (TPSA) is 240 Å². The van der Waals surface area contributed by atoms with E-state index in [0.717, 1.165) is 68.5 Å². The number of amides is 4. The van der Waals surface area contributed by atoms with Gasteiger partial charge in [-0.25, -0.2) is 0 Å². The first-order valence-electron chi connectivity index (χ1n) is 34.9. The number of carbonyl (C=O) groups is 8. The van der Waals surface area contributed by atoms with Gasteiger partial charge in [-0.2, -0.15) is 14.4 Å². The molecule has 0 spiro atoms. The number of benzene rings is 3. The van der Waals surface area contributed by atoms with Crippen molar-refractivity contribution in [2.75, 3.05) is 26.7 Å². The first kappa shape index (κ1) is 79.5. The minimum Gasteiger partial charge on any atom is -0.337 e. The zero-order chi connectivity index (χ0) is 76.1. The van der Waals surface area contributed by atoms with E-state index in [1.165, 1.54) is 16.6 Å². The summed E-state index contributed by atoms with van der Waals surface area (Å²) in [5, 5.41) is 11.9. The van der Waals surface area contributed by atoms with Gasteiger partial charge in [-0.05, 0) is 161 Å². The molecule has 0 radical (unpaired) electrons. The number of carbonyl (C=O) groups excluding carboxylic acids is 10. The Kier molecular flexibility index (Phi) is 28.4. The molecule has 21 nitrogen and oxygen atoms in total. The van der Waals surface area contributed by atoms with Crippen molar-refractivity contribution in [1.82, 2.24) is 53.0 Å². The third kappa shape index (κ3) is 19.6. The number of fused-ring (bicyclic) bond motifs is 3. The van der Waals surface area contributed by atoms with Gasteiger partial charge in [-0.3, -0.25) is 38.4 Å². The Hall–Kier alpha value is -11.8. The molecule has 0 saturated heterocycles. The molecule has 0 bridgehead atoms. The monoisotopic (exact) mass is 1400 g/mol. The fourth-order valence-electron chi connectivity index (χ4n) is 12.6. The van der Waals surface area contributed by atoms with Crippen molar-refractivity contribution in [3.8, 4) is 0 Å². The largest absolute Gasteiger partial charge is 0.373 e. The van der Waals surface area contributed by atoms with E-state index in [0.29, 0.717) is 71.1 Å². The Morgan fingerprint density at radius 2 is 0.798 bits per heavy atom. The van der Waals surface area contributed by atoms with Crippen LogP contribution in [0.5, 0.6) is 0 Å². The van der Waals surface area contributed by atoms with Crippen molar-refractivity contribution in [2.24, 2.45) is 7.05 Å². The summed E-state index contributed by atoms with van der Waals surface area (Å²) in [5.74, 6) is 0.338. The molecule has 10 aromatic rings. The van der Waals surface area contributed by atoms with E-state index in [1.54, 1.807) is 80.2 Å². The number of aromatic nitrogens is 7. The summed E-state index contributed by atoms with van der Waals surface area (Å²) in [5.41, 5.74) is 13.5. The van der Waals surface area contributed by atoms with Crippen LogP contribution in [0.25, 0.3) is 34.8 Å². The van der Waals surface area contributed by atoms with Crippen LogP contribution in [0.3, 0.4) is 0 Å². The van der Waals surface area contributed by atoms with Crippen LogP contribution in [0.1, 0.15) is 198 Å². The second-order valence-corrected chi connectivity index (χ2v) is 25.1. The Bertz CT molecular complexity index is 4850. The van der Waals surface area contributed by atoms with Gasteiger partial charge in [0.15, 0.2) is 11.6 Å². The van der Waals surface area contributed by atoms with Crippen LogP contribution in [0.15, 0.2) is 170 Å². The molecule has 10 rings (SSSR count). The molecule has 0 aliphatic carbocycles. The predicted molar refractivity (Wildman–Crippen MR) is 404 cm³/mol. The maximum atomic E-state index is 13.6. The van der Waals surface area contributed by atoms with E-state index in [-0.39, 0.29) is 77.6 Å². The number of hydrogen-bond donors (Lipinski definition) is 0. The maximum Gasteiger partial charge on any atom is 0.373 e. The number of hydrogen-bond acceptors (Lipinski definition) is 13. The van der Waals surface area contributed by atoms with E-state index in [2.05, 4.69) is 28.4 Å². The van der Waals surface area contributed by atoms with Gasteiger partial charge in [0.25, 0.3) is 5.91 Å². The molecule has 3 atom stereocenters. The smallest absolute Gasteiger partial charge is 0.337 e. The fraction of sp³-hybridized carbons (Fsp3) is 0.301. The molecule has 0 aliphatic rings. The Balaban J connectivity index is 0.000000217. The van der Waals surface area contributed by atoms with Gasteiger partial charge in [0.05, 0.1) is 30.7 Å². The van der Waals surface area contributed by atoms with Gasteiger partial charge in [0, 0.05) is 129 Å². The summed E-state index contributed by atoms with van der Waals surface area (Å²) in [4.78, 5) is 125. The molecular formula is C83H93N11O10. The zero-order valence-electron chi connectivity index (χ0n) is 62.1. The fourth-order valence-corrected chi connectivity index (χ4v) is 12.6. The van der Waals surface area contributed by atoms with Gasteiger partial charge in [-0.1, -0.05) is 136 Å². The minimum atomic E-state index is -0.176. The molecule has 3 unspecified atom stereocenters. The standard InChI is InChI=1S/C30H35N7O3.C27H30N2O3.C25H28N2O2.CO2/c1-7-23-17-26-18-25(30(40)34(5)19-27-31-33-35(6)32-27)15-16-37(26)28(23)29(39)24-13-11-22(12-14-24)10-9-20(3)36(8-2)21(4)38;1-6-22-16-25-17-24(19(4)30)14-15-29(25)26(22)27(32)23-12-10-21(11-13-23)9-8-18(3)28(7-2)20(5)31;1-5-21-17-23-9-7-8-16-27(23)24(21)25(29)22-14-12-20(13-15-22)11-10-18(3)26(6-2)19(4)28;2-1-3/h9-18,20H,7-8,19H2,1-6H3;8-18H,6-7H2,1-5H3;7-18H,5-6H2,1-4H3;/b10-9+;9-8+;11-10+;. The highest BCUT2D eigenvalue weighted by Gasteiger charge is 2.24. The van der Waals surface area contributed by atoms with Crippen molar-refractivity contribution in [3.05, 3.63) is 254 Å². The van der Waals surface area contributed by atoms with Gasteiger partial charge in [-0.15, -0.1) is 10.2 Å². The van der Waals surface area contributed by atoms with Gasteiger partial charge in [0.1, 0.15) is 0 Å². The van der Waals surface area contributed by atoms with E-state index in [1.807, 2.05) is 220 Å². The highest BCUT2D eigenvalue weighted by molar-refractivity contribution is 6.11. The number of rotatable bonds is 25. The van der Waals surface area contributed by atoms with Crippen molar-refractivity contribution in [3.63, 3.8) is 0 Å². The number of likely N-dealkylation sites (N-methyl/N-ethyl adjacent to an activating group) is 3. The number of nitrogens with zero attached hydrogens (tertiary/aromatic N) is 11. The molecule has 7 aromatic heterocycles. The second kappa shape index (κ2) is 37.2. The number of ketones is 4.